The molecule has 2 aromatic rings. The summed E-state index contributed by atoms with van der Waals surface area (Å²) in [6, 6.07) is 8.46. The second kappa shape index (κ2) is 9.83. The summed E-state index contributed by atoms with van der Waals surface area (Å²) in [6.07, 6.45) is -0.118. The van der Waals surface area contributed by atoms with E-state index < -0.39 is 58.3 Å². The molecule has 40 heavy (non-hydrogen) atoms. The standard InChI is InChI=1S/C29H31N3O8/c1-32(2)19-9-15(12-31-11-13-4-3-5-17(33)6-13)24(35)22-18(19)8-14-7-16-10-20(34)23(28(30)39)27(38)29(16,40)26(37)21(14)25(22)36/h3-6,9,14,16,21,23,31,33,35,40H,7-8,10-12H2,1-2H3,(H2,30,39)/t14-,16+,21?,23?,29+/m1/s1. The van der Waals surface area contributed by atoms with E-state index in [1.54, 1.807) is 43.3 Å². The molecule has 0 aromatic heterocycles. The smallest absolute Gasteiger partial charge is 0.235 e. The van der Waals surface area contributed by atoms with Gasteiger partial charge in [-0.3, -0.25) is 24.0 Å². The van der Waals surface area contributed by atoms with E-state index in [-0.39, 0.29) is 42.9 Å². The van der Waals surface area contributed by atoms with Crippen LogP contribution in [-0.4, -0.2) is 64.1 Å². The molecule has 6 N–H and O–H groups in total. The van der Waals surface area contributed by atoms with Crippen LogP contribution in [0.2, 0.25) is 0 Å². The van der Waals surface area contributed by atoms with Gasteiger partial charge >= 0.3 is 0 Å². The molecule has 0 aliphatic heterocycles. The Balaban J connectivity index is 1.50. The van der Waals surface area contributed by atoms with E-state index in [2.05, 4.69) is 5.32 Å². The number of phenols is 2. The Morgan fingerprint density at radius 1 is 1.07 bits per heavy atom. The summed E-state index contributed by atoms with van der Waals surface area (Å²) in [7, 11) is 3.58. The molecule has 5 rings (SSSR count). The highest BCUT2D eigenvalue weighted by Crippen LogP contribution is 2.51. The van der Waals surface area contributed by atoms with Crippen LogP contribution in [0.25, 0.3) is 0 Å². The van der Waals surface area contributed by atoms with Gasteiger partial charge < -0.3 is 31.3 Å². The maximum atomic E-state index is 13.9. The molecular formula is C29H31N3O8. The molecule has 11 heteroatoms. The maximum absolute atomic E-state index is 13.9. The van der Waals surface area contributed by atoms with E-state index in [9.17, 15) is 39.3 Å². The highest BCUT2D eigenvalue weighted by molar-refractivity contribution is 6.31. The number of amides is 1. The quantitative estimate of drug-likeness (QED) is 0.315. The molecular weight excluding hydrogens is 518 g/mol. The molecule has 0 bridgehead atoms. The number of anilines is 1. The van der Waals surface area contributed by atoms with Crippen LogP contribution in [0.1, 0.15) is 39.9 Å². The summed E-state index contributed by atoms with van der Waals surface area (Å²) in [6.45, 7) is 0.535. The molecule has 210 valence electrons. The monoisotopic (exact) mass is 549 g/mol. The van der Waals surface area contributed by atoms with Crippen LogP contribution < -0.4 is 16.0 Å². The fraction of sp³-hybridized carbons (Fsp3) is 0.414. The number of hydrogen-bond acceptors (Lipinski definition) is 10. The Morgan fingerprint density at radius 3 is 2.45 bits per heavy atom. The van der Waals surface area contributed by atoms with Gasteiger partial charge in [0.25, 0.3) is 0 Å². The second-order valence-corrected chi connectivity index (χ2v) is 11.2. The van der Waals surface area contributed by atoms with Gasteiger partial charge in [0.15, 0.2) is 34.7 Å². The van der Waals surface area contributed by atoms with Crippen LogP contribution in [0.15, 0.2) is 30.3 Å². The number of carbonyl (C=O) groups is 5. The van der Waals surface area contributed by atoms with Crippen LogP contribution in [0.4, 0.5) is 5.69 Å². The Kier molecular flexibility index (Phi) is 6.75. The lowest BCUT2D eigenvalue weighted by atomic mass is 9.53. The lowest BCUT2D eigenvalue weighted by Crippen LogP contribution is -2.68. The van der Waals surface area contributed by atoms with Crippen molar-refractivity contribution in [2.45, 2.75) is 38.0 Å². The third-order valence-corrected chi connectivity index (χ3v) is 8.49. The molecule has 3 aliphatic carbocycles. The number of fused-ring (bicyclic) bond motifs is 3. The first-order chi connectivity index (χ1) is 18.9. The van der Waals surface area contributed by atoms with E-state index in [1.165, 1.54) is 0 Å². The minimum absolute atomic E-state index is 0.0391. The van der Waals surface area contributed by atoms with Crippen molar-refractivity contribution >= 4 is 34.7 Å². The fourth-order valence-electron chi connectivity index (χ4n) is 6.61. The number of nitrogens with one attached hydrogen (secondary N) is 1. The van der Waals surface area contributed by atoms with Gasteiger partial charge in [-0.15, -0.1) is 0 Å². The van der Waals surface area contributed by atoms with Crippen molar-refractivity contribution in [1.82, 2.24) is 5.32 Å². The van der Waals surface area contributed by atoms with Crippen LogP contribution in [0.3, 0.4) is 0 Å². The predicted molar refractivity (Wildman–Crippen MR) is 141 cm³/mol. The molecule has 0 saturated heterocycles. The van der Waals surface area contributed by atoms with Crippen molar-refractivity contribution < 1.29 is 39.3 Å². The summed E-state index contributed by atoms with van der Waals surface area (Å²) < 4.78 is 0. The van der Waals surface area contributed by atoms with E-state index in [4.69, 9.17) is 5.73 Å². The van der Waals surface area contributed by atoms with Gasteiger partial charge in [0.05, 0.1) is 11.5 Å². The fourth-order valence-corrected chi connectivity index (χ4v) is 6.61. The number of phenolic OH excluding ortho intramolecular Hbond substituents is 2. The molecule has 2 unspecified atom stereocenters. The Labute approximate surface area is 230 Å². The molecule has 2 aromatic carbocycles. The highest BCUT2D eigenvalue weighted by Gasteiger charge is 2.66. The van der Waals surface area contributed by atoms with Gasteiger partial charge in [0, 0.05) is 50.8 Å². The zero-order valence-corrected chi connectivity index (χ0v) is 22.1. The highest BCUT2D eigenvalue weighted by atomic mass is 16.3. The van der Waals surface area contributed by atoms with Crippen molar-refractivity contribution in [3.8, 4) is 11.5 Å². The first kappa shape index (κ1) is 27.5. The molecule has 0 spiro atoms. The SMILES string of the molecule is CN(C)c1cc(CNCc2cccc(O)c2)c(O)c2c1C[C@H]1C[C@H]3CC(=O)C(C(N)=O)C(=O)[C@@]3(O)C(=O)C1C2=O. The molecule has 0 heterocycles. The van der Waals surface area contributed by atoms with Crippen LogP contribution in [0.5, 0.6) is 11.5 Å². The van der Waals surface area contributed by atoms with Crippen molar-refractivity contribution in [1.29, 1.82) is 0 Å². The van der Waals surface area contributed by atoms with E-state index >= 15 is 0 Å². The molecule has 1 amide bonds. The third-order valence-electron chi connectivity index (χ3n) is 8.49. The number of primary amides is 1. The number of carbonyl (C=O) groups excluding carboxylic acids is 5. The van der Waals surface area contributed by atoms with Gasteiger partial charge in [-0.25, -0.2) is 0 Å². The Hall–Kier alpha value is -4.09. The Morgan fingerprint density at radius 2 is 1.80 bits per heavy atom. The van der Waals surface area contributed by atoms with Crippen molar-refractivity contribution in [3.05, 3.63) is 52.6 Å². The zero-order chi connectivity index (χ0) is 29.1. The van der Waals surface area contributed by atoms with E-state index in [0.717, 1.165) is 5.56 Å². The number of benzene rings is 2. The molecule has 5 atom stereocenters. The number of rotatable bonds is 6. The van der Waals surface area contributed by atoms with Crippen LogP contribution in [-0.2, 0) is 38.7 Å². The minimum atomic E-state index is -2.68. The number of aromatic hydroxyl groups is 2. The minimum Gasteiger partial charge on any atom is -0.508 e. The van der Waals surface area contributed by atoms with Crippen LogP contribution >= 0.6 is 0 Å². The summed E-state index contributed by atoms with van der Waals surface area (Å²) in [5.74, 6) is -10.2. The van der Waals surface area contributed by atoms with Gasteiger partial charge in [-0.2, -0.15) is 0 Å². The predicted octanol–water partition coefficient (Wildman–Crippen LogP) is 0.388. The van der Waals surface area contributed by atoms with Gasteiger partial charge in [0.2, 0.25) is 5.91 Å². The molecule has 2 saturated carbocycles. The summed E-state index contributed by atoms with van der Waals surface area (Å²) in [5, 5.41) is 35.5. The van der Waals surface area contributed by atoms with Gasteiger partial charge in [-0.05, 0) is 48.1 Å². The summed E-state index contributed by atoms with van der Waals surface area (Å²) in [5.41, 5.74) is 4.96. The summed E-state index contributed by atoms with van der Waals surface area (Å²) >= 11 is 0. The van der Waals surface area contributed by atoms with Crippen molar-refractivity contribution in [2.75, 3.05) is 19.0 Å². The van der Waals surface area contributed by atoms with E-state index in [1.807, 2.05) is 6.07 Å². The van der Waals surface area contributed by atoms with Crippen molar-refractivity contribution in [2.24, 2.45) is 29.4 Å². The topological polar surface area (TPSA) is 187 Å². The van der Waals surface area contributed by atoms with Gasteiger partial charge in [0.1, 0.15) is 11.5 Å². The first-order valence-corrected chi connectivity index (χ1v) is 13.1. The average Bonchev–Trinajstić information content (AvgIpc) is 2.87. The molecule has 0 radical (unpaired) electrons. The number of aliphatic hydroxyl groups is 1. The molecule has 11 nitrogen and oxygen atoms in total. The largest absolute Gasteiger partial charge is 0.508 e. The number of nitrogens with two attached hydrogens (primary N) is 1. The number of nitrogens with zero attached hydrogens (tertiary/aromatic N) is 1. The number of hydrogen-bond donors (Lipinski definition) is 5. The molecule has 2 fully saturated rings. The van der Waals surface area contributed by atoms with Crippen LogP contribution in [0, 0.1) is 23.7 Å². The third kappa shape index (κ3) is 4.16. The van der Waals surface area contributed by atoms with Gasteiger partial charge in [-0.1, -0.05) is 12.1 Å². The van der Waals surface area contributed by atoms with E-state index in [0.29, 0.717) is 23.4 Å². The zero-order valence-electron chi connectivity index (χ0n) is 22.1. The molecule has 3 aliphatic rings. The number of ketones is 4. The average molecular weight is 550 g/mol. The van der Waals surface area contributed by atoms with Crippen molar-refractivity contribution in [3.63, 3.8) is 0 Å². The normalized spacial score (nSPS) is 27.6. The number of Topliss-reactive ketones (excluding diaryl/α,β-unsaturated/α-hetero) is 4. The Bertz CT molecular complexity index is 1470. The second-order valence-electron chi connectivity index (χ2n) is 11.2. The summed E-state index contributed by atoms with van der Waals surface area (Å²) in [4.78, 5) is 66.9. The maximum Gasteiger partial charge on any atom is 0.235 e. The lowest BCUT2D eigenvalue weighted by Gasteiger charge is -2.48. The lowest BCUT2D eigenvalue weighted by molar-refractivity contribution is -0.175. The first-order valence-electron chi connectivity index (χ1n) is 13.1.